The van der Waals surface area contributed by atoms with Crippen LogP contribution in [0.4, 0.5) is 8.78 Å². The van der Waals surface area contributed by atoms with Gasteiger partial charge in [0.1, 0.15) is 6.61 Å². The average Bonchev–Trinajstić information content (AvgIpc) is 2.47. The molecule has 1 aliphatic rings. The molecule has 0 saturated carbocycles. The van der Waals surface area contributed by atoms with Crippen LogP contribution < -0.4 is 9.47 Å². The minimum absolute atomic E-state index is 0.0189. The summed E-state index contributed by atoms with van der Waals surface area (Å²) in [6.07, 6.45) is -3.61. The topological polar surface area (TPSA) is 38.7 Å². The van der Waals surface area contributed by atoms with Crippen LogP contribution in [-0.2, 0) is 0 Å². The van der Waals surface area contributed by atoms with Gasteiger partial charge < -0.3 is 14.6 Å². The van der Waals surface area contributed by atoms with Gasteiger partial charge in [-0.05, 0) is 12.1 Å². The quantitative estimate of drug-likeness (QED) is 0.660. The molecule has 2 rings (SSSR count). The van der Waals surface area contributed by atoms with Crippen molar-refractivity contribution in [3.05, 3.63) is 23.8 Å². The zero-order valence-electron chi connectivity index (χ0n) is 7.46. The molecule has 1 aliphatic heterocycles. The highest BCUT2D eigenvalue weighted by Crippen LogP contribution is 2.40. The lowest BCUT2D eigenvalue weighted by Gasteiger charge is -2.04. The molecular formula is C10H6F2O3. The van der Waals surface area contributed by atoms with Crippen LogP contribution >= 0.6 is 0 Å². The molecule has 0 fully saturated rings. The first-order valence-electron chi connectivity index (χ1n) is 4.10. The lowest BCUT2D eigenvalue weighted by atomic mass is 10.2. The molecule has 0 aliphatic carbocycles. The highest BCUT2D eigenvalue weighted by Gasteiger charge is 2.43. The second-order valence-electron chi connectivity index (χ2n) is 2.79. The molecule has 1 aromatic carbocycles. The Morgan fingerprint density at radius 1 is 1.27 bits per heavy atom. The molecule has 1 N–H and O–H groups in total. The maximum Gasteiger partial charge on any atom is 0.586 e. The van der Waals surface area contributed by atoms with Crippen molar-refractivity contribution in [1.82, 2.24) is 0 Å². The summed E-state index contributed by atoms with van der Waals surface area (Å²) in [5.74, 6) is 4.90. The van der Waals surface area contributed by atoms with Crippen molar-refractivity contribution in [2.45, 2.75) is 6.29 Å². The van der Waals surface area contributed by atoms with Crippen molar-refractivity contribution in [2.24, 2.45) is 0 Å². The second-order valence-corrected chi connectivity index (χ2v) is 2.79. The first-order valence-corrected chi connectivity index (χ1v) is 4.10. The summed E-state index contributed by atoms with van der Waals surface area (Å²) in [4.78, 5) is 0. The van der Waals surface area contributed by atoms with Gasteiger partial charge in [0.2, 0.25) is 0 Å². The van der Waals surface area contributed by atoms with Gasteiger partial charge >= 0.3 is 6.29 Å². The predicted molar refractivity (Wildman–Crippen MR) is 46.6 cm³/mol. The van der Waals surface area contributed by atoms with Crippen molar-refractivity contribution >= 4 is 0 Å². The zero-order valence-corrected chi connectivity index (χ0v) is 7.46. The molecule has 1 heterocycles. The van der Waals surface area contributed by atoms with E-state index >= 15 is 0 Å². The SMILES string of the molecule is OCC#Cc1ccc2c(c1)OC(F)(F)O2. The summed E-state index contributed by atoms with van der Waals surface area (Å²) in [5, 5.41) is 8.45. The number of halogens is 2. The van der Waals surface area contributed by atoms with E-state index in [0.29, 0.717) is 5.56 Å². The number of hydrogen-bond donors (Lipinski definition) is 1. The molecule has 0 atom stereocenters. The van der Waals surface area contributed by atoms with Crippen molar-refractivity contribution in [2.75, 3.05) is 6.61 Å². The normalized spacial score (nSPS) is 15.7. The molecule has 0 amide bonds. The van der Waals surface area contributed by atoms with Gasteiger partial charge in [-0.25, -0.2) is 0 Å². The number of ether oxygens (including phenoxy) is 2. The highest BCUT2D eigenvalue weighted by molar-refractivity contribution is 5.49. The van der Waals surface area contributed by atoms with Crippen LogP contribution in [-0.4, -0.2) is 18.0 Å². The molecule has 0 radical (unpaired) electrons. The van der Waals surface area contributed by atoms with Crippen LogP contribution in [0.3, 0.4) is 0 Å². The Morgan fingerprint density at radius 2 is 2.00 bits per heavy atom. The molecule has 0 spiro atoms. The Labute approximate surface area is 84.2 Å². The zero-order chi connectivity index (χ0) is 10.9. The lowest BCUT2D eigenvalue weighted by Crippen LogP contribution is -2.25. The van der Waals surface area contributed by atoms with Gasteiger partial charge in [-0.15, -0.1) is 8.78 Å². The molecule has 78 valence electrons. The Bertz CT molecular complexity index is 446. The molecule has 5 heteroatoms. The predicted octanol–water partition coefficient (Wildman–Crippen LogP) is 1.35. The smallest absolute Gasteiger partial charge is 0.395 e. The first kappa shape index (κ1) is 9.74. The fourth-order valence-corrected chi connectivity index (χ4v) is 1.17. The van der Waals surface area contributed by atoms with Crippen LogP contribution in [0.15, 0.2) is 18.2 Å². The minimum atomic E-state index is -3.61. The van der Waals surface area contributed by atoms with Crippen molar-refractivity contribution < 1.29 is 23.4 Å². The van der Waals surface area contributed by atoms with Gasteiger partial charge in [-0.2, -0.15) is 0 Å². The van der Waals surface area contributed by atoms with Crippen molar-refractivity contribution in [3.63, 3.8) is 0 Å². The van der Waals surface area contributed by atoms with E-state index in [0.717, 1.165) is 0 Å². The van der Waals surface area contributed by atoms with Gasteiger partial charge in [0.05, 0.1) is 0 Å². The van der Waals surface area contributed by atoms with Gasteiger partial charge in [0, 0.05) is 11.6 Å². The van der Waals surface area contributed by atoms with E-state index in [4.69, 9.17) is 5.11 Å². The minimum Gasteiger partial charge on any atom is -0.395 e. The molecule has 3 nitrogen and oxygen atoms in total. The first-order chi connectivity index (χ1) is 7.11. The fourth-order valence-electron chi connectivity index (χ4n) is 1.17. The fraction of sp³-hybridized carbons (Fsp3) is 0.200. The number of aliphatic hydroxyl groups is 1. The van der Waals surface area contributed by atoms with E-state index in [1.54, 1.807) is 0 Å². The Kier molecular flexibility index (Phi) is 2.21. The average molecular weight is 212 g/mol. The summed E-state index contributed by atoms with van der Waals surface area (Å²) < 4.78 is 33.6. The van der Waals surface area contributed by atoms with Gasteiger partial charge in [-0.1, -0.05) is 11.8 Å². The molecule has 0 unspecified atom stereocenters. The third-order valence-corrected chi connectivity index (χ3v) is 1.71. The van der Waals surface area contributed by atoms with Gasteiger partial charge in [0.15, 0.2) is 11.5 Å². The second kappa shape index (κ2) is 3.41. The Balaban J connectivity index is 2.30. The van der Waals surface area contributed by atoms with Crippen molar-refractivity contribution in [1.29, 1.82) is 0 Å². The largest absolute Gasteiger partial charge is 0.586 e. The Hall–Kier alpha value is -1.80. The van der Waals surface area contributed by atoms with E-state index < -0.39 is 6.29 Å². The summed E-state index contributed by atoms with van der Waals surface area (Å²) in [5.41, 5.74) is 0.476. The highest BCUT2D eigenvalue weighted by atomic mass is 19.3. The third-order valence-electron chi connectivity index (χ3n) is 1.71. The molecule has 15 heavy (non-hydrogen) atoms. The van der Waals surface area contributed by atoms with E-state index in [-0.39, 0.29) is 18.1 Å². The van der Waals surface area contributed by atoms with E-state index in [9.17, 15) is 8.78 Å². The number of hydrogen-bond acceptors (Lipinski definition) is 3. The number of fused-ring (bicyclic) bond motifs is 1. The van der Waals surface area contributed by atoms with Crippen LogP contribution in [0.2, 0.25) is 0 Å². The van der Waals surface area contributed by atoms with Gasteiger partial charge in [-0.3, -0.25) is 0 Å². The molecule has 0 saturated heterocycles. The summed E-state index contributed by atoms with van der Waals surface area (Å²) in [6.45, 7) is -0.287. The number of alkyl halides is 2. The monoisotopic (exact) mass is 212 g/mol. The van der Waals surface area contributed by atoms with Crippen molar-refractivity contribution in [3.8, 4) is 23.3 Å². The summed E-state index contributed by atoms with van der Waals surface area (Å²) in [6, 6.07) is 4.18. The maximum absolute atomic E-state index is 12.6. The lowest BCUT2D eigenvalue weighted by molar-refractivity contribution is -0.286. The van der Waals surface area contributed by atoms with Crippen LogP contribution in [0.5, 0.6) is 11.5 Å². The third kappa shape index (κ3) is 2.00. The van der Waals surface area contributed by atoms with Crippen LogP contribution in [0.1, 0.15) is 5.56 Å². The number of aliphatic hydroxyl groups excluding tert-OH is 1. The standard InChI is InChI=1S/C10H6F2O3/c11-10(12)14-8-4-3-7(2-1-5-13)6-9(8)15-10/h3-4,6,13H,5H2. The molecule has 1 aromatic rings. The van der Waals surface area contributed by atoms with E-state index in [1.807, 2.05) is 0 Å². The molecular weight excluding hydrogens is 206 g/mol. The number of benzene rings is 1. The summed E-state index contributed by atoms with van der Waals surface area (Å²) >= 11 is 0. The Morgan fingerprint density at radius 3 is 2.73 bits per heavy atom. The van der Waals surface area contributed by atoms with Gasteiger partial charge in [0.25, 0.3) is 0 Å². The van der Waals surface area contributed by atoms with E-state index in [1.165, 1.54) is 18.2 Å². The van der Waals surface area contributed by atoms with Crippen LogP contribution in [0.25, 0.3) is 0 Å². The number of rotatable bonds is 0. The summed E-state index contributed by atoms with van der Waals surface area (Å²) in [7, 11) is 0. The van der Waals surface area contributed by atoms with E-state index in [2.05, 4.69) is 21.3 Å². The molecule has 0 bridgehead atoms. The maximum atomic E-state index is 12.6. The molecule has 0 aromatic heterocycles. The van der Waals surface area contributed by atoms with Crippen LogP contribution in [0, 0.1) is 11.8 Å².